The Morgan fingerprint density at radius 3 is 2.04 bits per heavy atom. The van der Waals surface area contributed by atoms with Gasteiger partial charge < -0.3 is 0 Å². The molecule has 1 aromatic carbocycles. The highest BCUT2D eigenvalue weighted by molar-refractivity contribution is 9.12. The van der Waals surface area contributed by atoms with Crippen molar-refractivity contribution in [3.05, 3.63) is 30.8 Å². The van der Waals surface area contributed by atoms with Crippen LogP contribution in [0.4, 0.5) is 0 Å². The zero-order valence-corrected chi connectivity index (χ0v) is 17.7. The Labute approximate surface area is 162 Å². The number of carbonyl (C=O) groups excluding carboxylic acids is 2. The summed E-state index contributed by atoms with van der Waals surface area (Å²) in [6.07, 6.45) is 4.32. The summed E-state index contributed by atoms with van der Waals surface area (Å²) in [6, 6.07) is 3.70. The maximum Gasteiger partial charge on any atom is 0.261 e. The van der Waals surface area contributed by atoms with Crippen LogP contribution >= 0.6 is 43.2 Å². The summed E-state index contributed by atoms with van der Waals surface area (Å²) in [5.74, 6) is 0.0771. The van der Waals surface area contributed by atoms with Gasteiger partial charge in [-0.1, -0.05) is 33.1 Å². The molecule has 0 fully saturated rings. The number of carbonyl (C=O) groups is 2. The van der Waals surface area contributed by atoms with E-state index in [-0.39, 0.29) is 11.8 Å². The zero-order valence-electron chi connectivity index (χ0n) is 13.7. The first kappa shape index (κ1) is 18.1. The van der Waals surface area contributed by atoms with Crippen LogP contribution in [0.3, 0.4) is 0 Å². The Balaban J connectivity index is 1.93. The lowest BCUT2D eigenvalue weighted by molar-refractivity contribution is 0.0624. The van der Waals surface area contributed by atoms with Crippen LogP contribution in [0.5, 0.6) is 0 Å². The summed E-state index contributed by atoms with van der Waals surface area (Å²) >= 11 is 8.63. The number of halogens is 2. The first-order valence-corrected chi connectivity index (χ1v) is 10.7. The van der Waals surface area contributed by atoms with Crippen molar-refractivity contribution in [3.63, 3.8) is 0 Å². The van der Waals surface area contributed by atoms with Crippen LogP contribution in [0.25, 0.3) is 10.8 Å². The van der Waals surface area contributed by atoms with E-state index in [4.69, 9.17) is 0 Å². The van der Waals surface area contributed by atoms with Gasteiger partial charge >= 0.3 is 0 Å². The van der Waals surface area contributed by atoms with Gasteiger partial charge in [0, 0.05) is 17.3 Å². The van der Waals surface area contributed by atoms with Crippen LogP contribution in [0.15, 0.2) is 19.7 Å². The minimum Gasteiger partial charge on any atom is -0.274 e. The number of unbranched alkanes of at least 4 members (excludes halogenated alkanes) is 1. The molecule has 1 aliphatic heterocycles. The molecule has 1 atom stereocenters. The third kappa shape index (κ3) is 3.08. The molecule has 0 N–H and O–H groups in total. The van der Waals surface area contributed by atoms with Crippen molar-refractivity contribution in [3.8, 4) is 0 Å². The first-order valence-electron chi connectivity index (χ1n) is 8.25. The van der Waals surface area contributed by atoms with Crippen LogP contribution in [0, 0.1) is 5.92 Å². The van der Waals surface area contributed by atoms with E-state index in [1.54, 1.807) is 11.3 Å². The molecule has 24 heavy (non-hydrogen) atoms. The van der Waals surface area contributed by atoms with Crippen LogP contribution < -0.4 is 0 Å². The Kier molecular flexibility index (Phi) is 5.47. The number of nitrogens with zero attached hydrogens (tertiary/aromatic N) is 1. The molecule has 6 heteroatoms. The smallest absolute Gasteiger partial charge is 0.261 e. The first-order chi connectivity index (χ1) is 11.5. The molecule has 0 saturated carbocycles. The van der Waals surface area contributed by atoms with Crippen LogP contribution in [-0.4, -0.2) is 23.3 Å². The van der Waals surface area contributed by atoms with Crippen molar-refractivity contribution < 1.29 is 9.59 Å². The van der Waals surface area contributed by atoms with Crippen molar-refractivity contribution in [1.82, 2.24) is 4.90 Å². The summed E-state index contributed by atoms with van der Waals surface area (Å²) in [7, 11) is 0. The molecule has 0 spiro atoms. The van der Waals surface area contributed by atoms with Crippen molar-refractivity contribution in [2.24, 2.45) is 5.92 Å². The van der Waals surface area contributed by atoms with Gasteiger partial charge in [0.2, 0.25) is 0 Å². The Morgan fingerprint density at radius 2 is 1.58 bits per heavy atom. The van der Waals surface area contributed by atoms with Gasteiger partial charge in [-0.05, 0) is 56.3 Å². The van der Waals surface area contributed by atoms with E-state index >= 15 is 0 Å². The lowest BCUT2D eigenvalue weighted by Crippen LogP contribution is -2.34. The Morgan fingerprint density at radius 1 is 1.04 bits per heavy atom. The lowest BCUT2D eigenvalue weighted by atomic mass is 9.99. The van der Waals surface area contributed by atoms with E-state index in [2.05, 4.69) is 45.7 Å². The van der Waals surface area contributed by atoms with Crippen molar-refractivity contribution >= 4 is 65.8 Å². The molecule has 128 valence electrons. The molecule has 2 amide bonds. The van der Waals surface area contributed by atoms with E-state index in [1.165, 1.54) is 4.90 Å². The third-order valence-corrected chi connectivity index (χ3v) is 7.32. The van der Waals surface area contributed by atoms with Crippen LogP contribution in [-0.2, 0) is 0 Å². The number of amides is 2. The second kappa shape index (κ2) is 7.26. The topological polar surface area (TPSA) is 37.4 Å². The molecule has 0 aliphatic carbocycles. The molecule has 1 aromatic heterocycles. The van der Waals surface area contributed by atoms with Crippen molar-refractivity contribution in [2.75, 3.05) is 6.54 Å². The molecule has 2 heterocycles. The summed E-state index contributed by atoms with van der Waals surface area (Å²) in [5.41, 5.74) is 1.06. The van der Waals surface area contributed by atoms with Gasteiger partial charge in [0.25, 0.3) is 11.8 Å². The maximum atomic E-state index is 12.8. The third-order valence-electron chi connectivity index (χ3n) is 4.70. The predicted molar refractivity (Wildman–Crippen MR) is 106 cm³/mol. The fraction of sp³-hybridized carbons (Fsp3) is 0.444. The molecule has 2 aromatic rings. The zero-order chi connectivity index (χ0) is 17.4. The van der Waals surface area contributed by atoms with Gasteiger partial charge in [0.05, 0.1) is 18.7 Å². The number of hydrogen-bond donors (Lipinski definition) is 0. The number of hydrogen-bond acceptors (Lipinski definition) is 3. The quantitative estimate of drug-likeness (QED) is 0.466. The monoisotopic (exact) mass is 471 g/mol. The van der Waals surface area contributed by atoms with E-state index in [9.17, 15) is 9.59 Å². The fourth-order valence-corrected chi connectivity index (χ4v) is 6.19. The highest BCUT2D eigenvalue weighted by atomic mass is 79.9. The summed E-state index contributed by atoms with van der Waals surface area (Å²) in [6.45, 7) is 4.82. The number of imide groups is 1. The average Bonchev–Trinajstić information content (AvgIpc) is 2.98. The van der Waals surface area contributed by atoms with Gasteiger partial charge in [-0.2, -0.15) is 0 Å². The molecule has 0 radical (unpaired) electrons. The van der Waals surface area contributed by atoms with E-state index < -0.39 is 0 Å². The highest BCUT2D eigenvalue weighted by Gasteiger charge is 2.37. The van der Waals surface area contributed by atoms with Crippen LogP contribution in [0.2, 0.25) is 0 Å². The van der Waals surface area contributed by atoms with Crippen molar-refractivity contribution in [1.29, 1.82) is 0 Å². The molecule has 0 bridgehead atoms. The molecule has 0 saturated heterocycles. The lowest BCUT2D eigenvalue weighted by Gasteiger charge is -2.21. The minimum absolute atomic E-state index is 0.152. The van der Waals surface area contributed by atoms with Gasteiger partial charge in [-0.3, -0.25) is 14.5 Å². The second-order valence-corrected chi connectivity index (χ2v) is 9.89. The number of fused-ring (bicyclic) bond motifs is 2. The SMILES string of the molecule is CCCCC(CC)CN1C(=O)c2cc3c(Br)sc(Br)c3cc2C1=O. The molecular weight excluding hydrogens is 454 g/mol. The molecule has 1 unspecified atom stereocenters. The number of benzene rings is 1. The van der Waals surface area contributed by atoms with Gasteiger partial charge in [0.15, 0.2) is 0 Å². The Hall–Kier alpha value is -0.720. The number of rotatable bonds is 6. The van der Waals surface area contributed by atoms with E-state index in [1.807, 2.05) is 12.1 Å². The van der Waals surface area contributed by atoms with Crippen molar-refractivity contribution in [2.45, 2.75) is 39.5 Å². The average molecular weight is 473 g/mol. The molecule has 1 aliphatic rings. The molecule has 3 rings (SSSR count). The van der Waals surface area contributed by atoms with Gasteiger partial charge in [-0.15, -0.1) is 11.3 Å². The summed E-state index contributed by atoms with van der Waals surface area (Å²) in [4.78, 5) is 27.0. The van der Waals surface area contributed by atoms with Crippen LogP contribution in [0.1, 0.15) is 60.2 Å². The largest absolute Gasteiger partial charge is 0.274 e. The standard InChI is InChI=1S/C18H19Br2NO2S/c1-3-5-6-10(4-2)9-21-17(22)13-7-11-12(8-14(13)18(21)23)16(20)24-15(11)19/h7-8,10H,3-6,9H2,1-2H3. The summed E-state index contributed by atoms with van der Waals surface area (Å²) in [5, 5.41) is 1.96. The van der Waals surface area contributed by atoms with Gasteiger partial charge in [-0.25, -0.2) is 0 Å². The molecular formula is C18H19Br2NO2S. The van der Waals surface area contributed by atoms with Gasteiger partial charge in [0.1, 0.15) is 0 Å². The highest BCUT2D eigenvalue weighted by Crippen LogP contribution is 2.41. The second-order valence-electron chi connectivity index (χ2n) is 6.23. The normalized spacial score (nSPS) is 15.4. The fourth-order valence-electron chi connectivity index (χ4n) is 3.19. The number of thiophene rings is 1. The molecule has 3 nitrogen and oxygen atoms in total. The van der Waals surface area contributed by atoms with E-state index in [0.717, 1.165) is 44.0 Å². The maximum absolute atomic E-state index is 12.8. The summed E-state index contributed by atoms with van der Waals surface area (Å²) < 4.78 is 1.94. The Bertz CT molecular complexity index is 759. The van der Waals surface area contributed by atoms with E-state index in [0.29, 0.717) is 23.6 Å². The predicted octanol–water partition coefficient (Wildman–Crippen LogP) is 6.24. The minimum atomic E-state index is -0.152.